The topological polar surface area (TPSA) is 105 Å². The Morgan fingerprint density at radius 2 is 2.00 bits per heavy atom. The van der Waals surface area contributed by atoms with E-state index in [1.165, 1.54) is 25.3 Å². The molecular formula is C14H16N2O5. The zero-order valence-electron chi connectivity index (χ0n) is 11.9. The fourth-order valence-electron chi connectivity index (χ4n) is 2.53. The first-order valence-corrected chi connectivity index (χ1v) is 6.38. The van der Waals surface area contributed by atoms with Crippen molar-refractivity contribution in [2.45, 2.75) is 19.4 Å². The number of urea groups is 1. The second-order valence-corrected chi connectivity index (χ2v) is 5.09. The summed E-state index contributed by atoms with van der Waals surface area (Å²) in [6.45, 7) is 3.57. The maximum atomic E-state index is 12.3. The van der Waals surface area contributed by atoms with Gasteiger partial charge in [-0.15, -0.1) is 0 Å². The van der Waals surface area contributed by atoms with Crippen molar-refractivity contribution < 1.29 is 24.2 Å². The van der Waals surface area contributed by atoms with Crippen LogP contribution < -0.4 is 15.4 Å². The largest absolute Gasteiger partial charge is 0.496 e. The van der Waals surface area contributed by atoms with Gasteiger partial charge in [0, 0.05) is 5.56 Å². The van der Waals surface area contributed by atoms with Gasteiger partial charge in [-0.25, -0.2) is 9.59 Å². The second kappa shape index (κ2) is 5.08. The van der Waals surface area contributed by atoms with Crippen molar-refractivity contribution in [3.05, 3.63) is 29.3 Å². The van der Waals surface area contributed by atoms with Gasteiger partial charge in [-0.05, 0) is 18.1 Å². The van der Waals surface area contributed by atoms with E-state index in [0.29, 0.717) is 5.56 Å². The number of nitrogens with one attached hydrogen (secondary N) is 2. The molecule has 1 fully saturated rings. The number of ether oxygens (including phenoxy) is 1. The SMILES string of the molecule is COc1cc(C(=O)O)ccc1C1(C(C)C)NC(=O)NC1=O. The third-order valence-corrected chi connectivity index (χ3v) is 3.64. The average molecular weight is 292 g/mol. The summed E-state index contributed by atoms with van der Waals surface area (Å²) >= 11 is 0. The molecule has 7 nitrogen and oxygen atoms in total. The quantitative estimate of drug-likeness (QED) is 0.720. The van der Waals surface area contributed by atoms with E-state index in [2.05, 4.69) is 10.6 Å². The minimum absolute atomic E-state index is 0.0410. The van der Waals surface area contributed by atoms with Crippen LogP contribution in [0.5, 0.6) is 5.75 Å². The number of carboxylic acid groups (broad SMARTS) is 1. The molecule has 3 amide bonds. The van der Waals surface area contributed by atoms with Crippen LogP contribution in [-0.2, 0) is 10.3 Å². The Morgan fingerprint density at radius 1 is 1.33 bits per heavy atom. The summed E-state index contributed by atoms with van der Waals surface area (Å²) < 4.78 is 5.21. The Balaban J connectivity index is 2.64. The highest BCUT2D eigenvalue weighted by Crippen LogP contribution is 2.38. The third-order valence-electron chi connectivity index (χ3n) is 3.64. The molecule has 1 saturated heterocycles. The van der Waals surface area contributed by atoms with Crippen molar-refractivity contribution in [3.8, 4) is 5.75 Å². The number of aromatic carboxylic acids is 1. The smallest absolute Gasteiger partial charge is 0.335 e. The molecule has 0 saturated carbocycles. The molecule has 0 aromatic heterocycles. The zero-order valence-corrected chi connectivity index (χ0v) is 11.9. The van der Waals surface area contributed by atoms with Gasteiger partial charge in [0.2, 0.25) is 0 Å². The van der Waals surface area contributed by atoms with Gasteiger partial charge in [-0.2, -0.15) is 0 Å². The Labute approximate surface area is 121 Å². The number of carbonyl (C=O) groups excluding carboxylic acids is 2. The highest BCUT2D eigenvalue weighted by Gasteiger charge is 2.51. The fourth-order valence-corrected chi connectivity index (χ4v) is 2.53. The van der Waals surface area contributed by atoms with Crippen LogP contribution in [0.25, 0.3) is 0 Å². The molecule has 2 rings (SSSR count). The van der Waals surface area contributed by atoms with Crippen molar-refractivity contribution in [2.75, 3.05) is 7.11 Å². The van der Waals surface area contributed by atoms with E-state index < -0.39 is 23.4 Å². The minimum Gasteiger partial charge on any atom is -0.496 e. The summed E-state index contributed by atoms with van der Waals surface area (Å²) in [7, 11) is 1.38. The Kier molecular flexibility index (Phi) is 3.59. The van der Waals surface area contributed by atoms with Crippen molar-refractivity contribution in [1.82, 2.24) is 10.6 Å². The van der Waals surface area contributed by atoms with Crippen LogP contribution in [0.3, 0.4) is 0 Å². The third kappa shape index (κ3) is 2.20. The van der Waals surface area contributed by atoms with Crippen molar-refractivity contribution in [1.29, 1.82) is 0 Å². The molecule has 1 aliphatic heterocycles. The molecule has 112 valence electrons. The first-order chi connectivity index (χ1) is 9.82. The molecule has 0 aliphatic carbocycles. The van der Waals surface area contributed by atoms with Crippen LogP contribution in [-0.4, -0.2) is 30.1 Å². The van der Waals surface area contributed by atoms with Crippen LogP contribution >= 0.6 is 0 Å². The molecule has 7 heteroatoms. The summed E-state index contributed by atoms with van der Waals surface area (Å²) in [5, 5.41) is 13.9. The predicted octanol–water partition coefficient (Wildman–Crippen LogP) is 1.08. The molecule has 0 radical (unpaired) electrons. The molecule has 3 N–H and O–H groups in total. The zero-order chi connectivity index (χ0) is 15.8. The number of rotatable bonds is 4. The van der Waals surface area contributed by atoms with Gasteiger partial charge in [0.05, 0.1) is 12.7 Å². The summed E-state index contributed by atoms with van der Waals surface area (Å²) in [5.41, 5.74) is -0.813. The van der Waals surface area contributed by atoms with Crippen molar-refractivity contribution >= 4 is 17.9 Å². The van der Waals surface area contributed by atoms with E-state index in [-0.39, 0.29) is 17.2 Å². The Morgan fingerprint density at radius 3 is 2.43 bits per heavy atom. The highest BCUT2D eigenvalue weighted by molar-refractivity contribution is 6.08. The average Bonchev–Trinajstić information content (AvgIpc) is 2.73. The lowest BCUT2D eigenvalue weighted by Gasteiger charge is -2.32. The number of benzene rings is 1. The molecule has 1 heterocycles. The van der Waals surface area contributed by atoms with Gasteiger partial charge in [-0.1, -0.05) is 19.9 Å². The van der Waals surface area contributed by atoms with Crippen molar-refractivity contribution in [2.24, 2.45) is 5.92 Å². The summed E-state index contributed by atoms with van der Waals surface area (Å²) in [5.74, 6) is -1.60. The Bertz CT molecular complexity index is 626. The predicted molar refractivity (Wildman–Crippen MR) is 73.1 cm³/mol. The lowest BCUT2D eigenvalue weighted by molar-refractivity contribution is -0.125. The molecule has 21 heavy (non-hydrogen) atoms. The van der Waals surface area contributed by atoms with Gasteiger partial charge in [0.1, 0.15) is 5.75 Å². The molecular weight excluding hydrogens is 276 g/mol. The van der Waals surface area contributed by atoms with Gasteiger partial charge in [-0.3, -0.25) is 10.1 Å². The van der Waals surface area contributed by atoms with Crippen molar-refractivity contribution in [3.63, 3.8) is 0 Å². The molecule has 0 spiro atoms. The Hall–Kier alpha value is -2.57. The standard InChI is InChI=1S/C14H16N2O5/c1-7(2)14(12(19)15-13(20)16-14)9-5-4-8(11(17)18)6-10(9)21-3/h4-7H,1-3H3,(H,17,18)(H2,15,16,19,20). The van der Waals surface area contributed by atoms with E-state index >= 15 is 0 Å². The molecule has 1 aromatic rings. The second-order valence-electron chi connectivity index (χ2n) is 5.09. The van der Waals surface area contributed by atoms with Crippen LogP contribution in [0.1, 0.15) is 29.8 Å². The van der Waals surface area contributed by atoms with Gasteiger partial charge in [0.15, 0.2) is 5.54 Å². The van der Waals surface area contributed by atoms with Crippen LogP contribution in [0.4, 0.5) is 4.79 Å². The fraction of sp³-hybridized carbons (Fsp3) is 0.357. The number of amides is 3. The maximum Gasteiger partial charge on any atom is 0.335 e. The summed E-state index contributed by atoms with van der Waals surface area (Å²) in [4.78, 5) is 34.8. The normalized spacial score (nSPS) is 21.1. The number of carbonyl (C=O) groups is 3. The number of imide groups is 1. The molecule has 1 unspecified atom stereocenters. The van der Waals surface area contributed by atoms with E-state index in [0.717, 1.165) is 0 Å². The maximum absolute atomic E-state index is 12.3. The van der Waals surface area contributed by atoms with Crippen LogP contribution in [0.2, 0.25) is 0 Å². The van der Waals surface area contributed by atoms with Gasteiger partial charge >= 0.3 is 12.0 Å². The molecule has 1 aromatic carbocycles. The summed E-state index contributed by atoms with van der Waals surface area (Å²) in [6, 6.07) is 3.62. The molecule has 0 bridgehead atoms. The molecule has 1 aliphatic rings. The lowest BCUT2D eigenvalue weighted by Crippen LogP contribution is -2.48. The van der Waals surface area contributed by atoms with E-state index in [4.69, 9.17) is 9.84 Å². The van der Waals surface area contributed by atoms with E-state index in [1.54, 1.807) is 13.8 Å². The number of carboxylic acids is 1. The monoisotopic (exact) mass is 292 g/mol. The molecule has 1 atom stereocenters. The number of hydrogen-bond acceptors (Lipinski definition) is 4. The van der Waals surface area contributed by atoms with Crippen LogP contribution in [0.15, 0.2) is 18.2 Å². The highest BCUT2D eigenvalue weighted by atomic mass is 16.5. The van der Waals surface area contributed by atoms with E-state index in [9.17, 15) is 14.4 Å². The number of hydrogen-bond donors (Lipinski definition) is 3. The first kappa shape index (κ1) is 14.8. The van der Waals surface area contributed by atoms with Gasteiger partial charge < -0.3 is 15.2 Å². The number of methoxy groups -OCH3 is 1. The van der Waals surface area contributed by atoms with Crippen LogP contribution in [0, 0.1) is 5.92 Å². The summed E-state index contributed by atoms with van der Waals surface area (Å²) in [6.07, 6.45) is 0. The van der Waals surface area contributed by atoms with E-state index in [1.807, 2.05) is 0 Å². The lowest BCUT2D eigenvalue weighted by atomic mass is 9.79. The van der Waals surface area contributed by atoms with Gasteiger partial charge in [0.25, 0.3) is 5.91 Å². The first-order valence-electron chi connectivity index (χ1n) is 6.38. The minimum atomic E-state index is -1.28.